The molecule has 0 saturated carbocycles. The molecule has 0 unspecified atom stereocenters. The molecule has 1 saturated heterocycles. The second-order valence-corrected chi connectivity index (χ2v) is 3.76. The lowest BCUT2D eigenvalue weighted by molar-refractivity contribution is 0.667. The number of nitrogens with zero attached hydrogens (tertiary/aromatic N) is 3. The topological polar surface area (TPSA) is 41.1 Å². The second kappa shape index (κ2) is 5.28. The van der Waals surface area contributed by atoms with Crippen molar-refractivity contribution in [2.75, 3.05) is 25.0 Å². The van der Waals surface area contributed by atoms with Gasteiger partial charge in [0.2, 0.25) is 5.95 Å². The van der Waals surface area contributed by atoms with E-state index in [1.807, 2.05) is 19.2 Å². The first kappa shape index (κ1) is 12.2. The molecule has 0 bridgehead atoms. The van der Waals surface area contributed by atoms with Crippen molar-refractivity contribution in [1.29, 1.82) is 0 Å². The monoisotopic (exact) mass is 228 g/mol. The van der Waals surface area contributed by atoms with Crippen molar-refractivity contribution >= 4 is 18.4 Å². The van der Waals surface area contributed by atoms with Crippen LogP contribution in [-0.4, -0.2) is 36.1 Å². The van der Waals surface area contributed by atoms with Gasteiger partial charge >= 0.3 is 0 Å². The van der Waals surface area contributed by atoms with Gasteiger partial charge in [0.25, 0.3) is 0 Å². The lowest BCUT2D eigenvalue weighted by atomic mass is 10.2. The van der Waals surface area contributed by atoms with Gasteiger partial charge in [-0.25, -0.2) is 9.97 Å². The highest BCUT2D eigenvalue weighted by molar-refractivity contribution is 5.85. The number of hydrogen-bond donors (Lipinski definition) is 1. The third kappa shape index (κ3) is 2.79. The maximum atomic E-state index is 4.40. The first-order chi connectivity index (χ1) is 6.77. The number of halogens is 1. The summed E-state index contributed by atoms with van der Waals surface area (Å²) in [7, 11) is 2.06. The molecule has 2 heterocycles. The van der Waals surface area contributed by atoms with Crippen LogP contribution in [0.3, 0.4) is 0 Å². The van der Waals surface area contributed by atoms with Crippen molar-refractivity contribution in [3.05, 3.63) is 18.0 Å². The second-order valence-electron chi connectivity index (χ2n) is 3.76. The SMILES string of the molecule is Cc1ccnc(N(C)[C@H]2CCNC2)n1.Cl. The summed E-state index contributed by atoms with van der Waals surface area (Å²) in [5, 5.41) is 3.34. The smallest absolute Gasteiger partial charge is 0.225 e. The lowest BCUT2D eigenvalue weighted by Crippen LogP contribution is -2.34. The average Bonchev–Trinajstić information content (AvgIpc) is 2.69. The van der Waals surface area contributed by atoms with Gasteiger partial charge in [-0.2, -0.15) is 0 Å². The Morgan fingerprint density at radius 1 is 1.53 bits per heavy atom. The molecule has 1 aliphatic rings. The van der Waals surface area contributed by atoms with Crippen LogP contribution in [0.15, 0.2) is 12.3 Å². The van der Waals surface area contributed by atoms with Gasteiger partial charge < -0.3 is 10.2 Å². The summed E-state index contributed by atoms with van der Waals surface area (Å²) in [5.41, 5.74) is 1.02. The van der Waals surface area contributed by atoms with Gasteiger partial charge in [0.05, 0.1) is 0 Å². The van der Waals surface area contributed by atoms with E-state index in [0.29, 0.717) is 6.04 Å². The molecule has 1 aliphatic heterocycles. The van der Waals surface area contributed by atoms with Gasteiger partial charge in [-0.05, 0) is 26.0 Å². The summed E-state index contributed by atoms with van der Waals surface area (Å²) in [6.07, 6.45) is 2.99. The zero-order valence-electron chi connectivity index (χ0n) is 9.10. The summed E-state index contributed by atoms with van der Waals surface area (Å²) in [6.45, 7) is 4.13. The zero-order chi connectivity index (χ0) is 9.97. The van der Waals surface area contributed by atoms with Crippen LogP contribution < -0.4 is 10.2 Å². The predicted molar refractivity (Wildman–Crippen MR) is 63.7 cm³/mol. The normalized spacial score (nSPS) is 19.7. The third-order valence-electron chi connectivity index (χ3n) is 2.68. The van der Waals surface area contributed by atoms with E-state index in [9.17, 15) is 0 Å². The van der Waals surface area contributed by atoms with E-state index in [2.05, 4.69) is 27.2 Å². The molecule has 1 N–H and O–H groups in total. The Morgan fingerprint density at radius 3 is 2.93 bits per heavy atom. The van der Waals surface area contributed by atoms with Gasteiger partial charge in [-0.1, -0.05) is 0 Å². The largest absolute Gasteiger partial charge is 0.340 e. The number of aromatic nitrogens is 2. The minimum absolute atomic E-state index is 0. The van der Waals surface area contributed by atoms with Crippen LogP contribution in [0.5, 0.6) is 0 Å². The van der Waals surface area contributed by atoms with Crippen molar-refractivity contribution in [3.63, 3.8) is 0 Å². The minimum Gasteiger partial charge on any atom is -0.340 e. The highest BCUT2D eigenvalue weighted by Gasteiger charge is 2.20. The number of anilines is 1. The standard InChI is InChI=1S/C10H16N4.ClH/c1-8-3-6-12-10(13-8)14(2)9-4-5-11-7-9;/h3,6,9,11H,4-5,7H2,1-2H3;1H/t9-;/m0./s1. The predicted octanol–water partition coefficient (Wildman–Crippen LogP) is 1.00. The van der Waals surface area contributed by atoms with Crippen molar-refractivity contribution in [1.82, 2.24) is 15.3 Å². The molecule has 0 aliphatic carbocycles. The number of hydrogen-bond acceptors (Lipinski definition) is 4. The van der Waals surface area contributed by atoms with Crippen molar-refractivity contribution < 1.29 is 0 Å². The molecule has 1 aromatic heterocycles. The fraction of sp³-hybridized carbons (Fsp3) is 0.600. The Kier molecular flexibility index (Phi) is 4.29. The van der Waals surface area contributed by atoms with Crippen LogP contribution in [0.4, 0.5) is 5.95 Å². The van der Waals surface area contributed by atoms with E-state index in [1.54, 1.807) is 0 Å². The molecular formula is C10H17ClN4. The summed E-state index contributed by atoms with van der Waals surface area (Å²) in [5.74, 6) is 0.832. The van der Waals surface area contributed by atoms with E-state index < -0.39 is 0 Å². The van der Waals surface area contributed by atoms with Gasteiger partial charge in [0, 0.05) is 31.5 Å². The molecular weight excluding hydrogens is 212 g/mol. The Bertz CT molecular complexity index is 312. The molecule has 0 radical (unpaired) electrons. The molecule has 5 heteroatoms. The molecule has 1 fully saturated rings. The van der Waals surface area contributed by atoms with Gasteiger partial charge in [-0.3, -0.25) is 0 Å². The van der Waals surface area contributed by atoms with Crippen LogP contribution >= 0.6 is 12.4 Å². The van der Waals surface area contributed by atoms with Gasteiger partial charge in [0.15, 0.2) is 0 Å². The summed E-state index contributed by atoms with van der Waals surface area (Å²) in [4.78, 5) is 10.8. The quantitative estimate of drug-likeness (QED) is 0.820. The maximum Gasteiger partial charge on any atom is 0.225 e. The Labute approximate surface area is 96.5 Å². The first-order valence-electron chi connectivity index (χ1n) is 5.00. The fourth-order valence-corrected chi connectivity index (χ4v) is 1.74. The highest BCUT2D eigenvalue weighted by Crippen LogP contribution is 2.13. The lowest BCUT2D eigenvalue weighted by Gasteiger charge is -2.23. The van der Waals surface area contributed by atoms with E-state index in [4.69, 9.17) is 0 Å². The van der Waals surface area contributed by atoms with Crippen LogP contribution in [-0.2, 0) is 0 Å². The summed E-state index contributed by atoms with van der Waals surface area (Å²) < 4.78 is 0. The first-order valence-corrected chi connectivity index (χ1v) is 5.00. The number of rotatable bonds is 2. The van der Waals surface area contributed by atoms with Crippen molar-refractivity contribution in [2.45, 2.75) is 19.4 Å². The molecule has 0 aromatic carbocycles. The Balaban J connectivity index is 0.00000112. The van der Waals surface area contributed by atoms with Crippen LogP contribution in [0.25, 0.3) is 0 Å². The molecule has 4 nitrogen and oxygen atoms in total. The van der Waals surface area contributed by atoms with Crippen molar-refractivity contribution in [3.8, 4) is 0 Å². The van der Waals surface area contributed by atoms with Gasteiger partial charge in [-0.15, -0.1) is 12.4 Å². The molecule has 15 heavy (non-hydrogen) atoms. The van der Waals surface area contributed by atoms with Gasteiger partial charge in [0.1, 0.15) is 0 Å². The van der Waals surface area contributed by atoms with E-state index in [1.165, 1.54) is 6.42 Å². The van der Waals surface area contributed by atoms with E-state index >= 15 is 0 Å². The van der Waals surface area contributed by atoms with E-state index in [0.717, 1.165) is 24.7 Å². The summed E-state index contributed by atoms with van der Waals surface area (Å²) >= 11 is 0. The van der Waals surface area contributed by atoms with Crippen LogP contribution in [0, 0.1) is 6.92 Å². The maximum absolute atomic E-state index is 4.40. The molecule has 2 rings (SSSR count). The Morgan fingerprint density at radius 2 is 2.33 bits per heavy atom. The molecule has 1 aromatic rings. The highest BCUT2D eigenvalue weighted by atomic mass is 35.5. The average molecular weight is 229 g/mol. The molecule has 0 amide bonds. The third-order valence-corrected chi connectivity index (χ3v) is 2.68. The molecule has 1 atom stereocenters. The van der Waals surface area contributed by atoms with Crippen molar-refractivity contribution in [2.24, 2.45) is 0 Å². The zero-order valence-corrected chi connectivity index (χ0v) is 9.92. The number of aryl methyl sites for hydroxylation is 1. The van der Waals surface area contributed by atoms with Crippen LogP contribution in [0.2, 0.25) is 0 Å². The number of likely N-dealkylation sites (N-methyl/N-ethyl adjacent to an activating group) is 1. The minimum atomic E-state index is 0. The molecule has 0 spiro atoms. The van der Waals surface area contributed by atoms with Crippen LogP contribution in [0.1, 0.15) is 12.1 Å². The Hall–Kier alpha value is -0.870. The summed E-state index contributed by atoms with van der Waals surface area (Å²) in [6, 6.07) is 2.46. The number of nitrogens with one attached hydrogen (secondary N) is 1. The van der Waals surface area contributed by atoms with E-state index in [-0.39, 0.29) is 12.4 Å². The molecule has 84 valence electrons. The fourth-order valence-electron chi connectivity index (χ4n) is 1.74.